The van der Waals surface area contributed by atoms with Crippen LogP contribution in [-0.2, 0) is 4.79 Å². The number of hydrogen-bond acceptors (Lipinski definition) is 4. The average Bonchev–Trinajstić information content (AvgIpc) is 2.86. The number of methoxy groups -OCH3 is 1. The molecule has 1 atom stereocenters. The second kappa shape index (κ2) is 5.27. The topological polar surface area (TPSA) is 75.9 Å². The van der Waals surface area contributed by atoms with Gasteiger partial charge in [0.05, 0.1) is 7.11 Å². The van der Waals surface area contributed by atoms with Crippen molar-refractivity contribution in [1.29, 1.82) is 0 Å². The Bertz CT molecular complexity index is 588. The molecule has 2 aliphatic heterocycles. The summed E-state index contributed by atoms with van der Waals surface area (Å²) in [4.78, 5) is 28.0. The lowest BCUT2D eigenvalue weighted by Crippen LogP contribution is -2.53. The van der Waals surface area contributed by atoms with E-state index >= 15 is 0 Å². The molecule has 0 radical (unpaired) electrons. The number of nitrogen functional groups attached to an aromatic ring is 1. The number of amides is 2. The number of ether oxygens (including phenoxy) is 1. The highest BCUT2D eigenvalue weighted by molar-refractivity contribution is 5.96. The van der Waals surface area contributed by atoms with Gasteiger partial charge in [-0.2, -0.15) is 0 Å². The minimum absolute atomic E-state index is 0.0559. The van der Waals surface area contributed by atoms with E-state index in [4.69, 9.17) is 10.5 Å². The normalized spacial score (nSPS) is 21.4. The first-order valence-electron chi connectivity index (χ1n) is 7.12. The maximum Gasteiger partial charge on any atom is 0.254 e. The number of fused-ring (bicyclic) bond motifs is 1. The van der Waals surface area contributed by atoms with Crippen molar-refractivity contribution in [2.75, 3.05) is 32.5 Å². The second-order valence-corrected chi connectivity index (χ2v) is 5.53. The number of rotatable bonds is 2. The number of nitrogens with two attached hydrogens (primary N) is 1. The molecule has 0 aromatic heterocycles. The van der Waals surface area contributed by atoms with E-state index in [-0.39, 0.29) is 17.9 Å². The van der Waals surface area contributed by atoms with Crippen molar-refractivity contribution >= 4 is 17.5 Å². The van der Waals surface area contributed by atoms with Crippen LogP contribution in [0.3, 0.4) is 0 Å². The SMILES string of the molecule is COc1cc(N)cc(C(=O)N2CCN3C(=O)CCC3C2)c1. The van der Waals surface area contributed by atoms with Gasteiger partial charge in [0.2, 0.25) is 5.91 Å². The van der Waals surface area contributed by atoms with Crippen LogP contribution < -0.4 is 10.5 Å². The highest BCUT2D eigenvalue weighted by Gasteiger charge is 2.37. The molecule has 0 spiro atoms. The van der Waals surface area contributed by atoms with E-state index in [2.05, 4.69) is 0 Å². The molecule has 112 valence electrons. The molecule has 21 heavy (non-hydrogen) atoms. The lowest BCUT2D eigenvalue weighted by atomic mass is 10.1. The van der Waals surface area contributed by atoms with E-state index in [1.165, 1.54) is 0 Å². The van der Waals surface area contributed by atoms with Gasteiger partial charge in [-0.05, 0) is 18.6 Å². The summed E-state index contributed by atoms with van der Waals surface area (Å²) in [6, 6.07) is 5.21. The van der Waals surface area contributed by atoms with Gasteiger partial charge in [-0.15, -0.1) is 0 Å². The Morgan fingerprint density at radius 3 is 2.90 bits per heavy atom. The molecule has 2 aliphatic rings. The first-order chi connectivity index (χ1) is 10.1. The maximum atomic E-state index is 12.6. The van der Waals surface area contributed by atoms with Gasteiger partial charge in [0.25, 0.3) is 5.91 Å². The van der Waals surface area contributed by atoms with Crippen molar-refractivity contribution in [1.82, 2.24) is 9.80 Å². The number of anilines is 1. The van der Waals surface area contributed by atoms with Crippen molar-refractivity contribution in [2.45, 2.75) is 18.9 Å². The van der Waals surface area contributed by atoms with Crippen molar-refractivity contribution in [3.63, 3.8) is 0 Å². The highest BCUT2D eigenvalue weighted by Crippen LogP contribution is 2.25. The quantitative estimate of drug-likeness (QED) is 0.814. The van der Waals surface area contributed by atoms with Crippen LogP contribution in [-0.4, -0.2) is 54.4 Å². The number of carbonyl (C=O) groups is 2. The van der Waals surface area contributed by atoms with Crippen LogP contribution >= 0.6 is 0 Å². The fourth-order valence-corrected chi connectivity index (χ4v) is 3.09. The van der Waals surface area contributed by atoms with E-state index in [1.54, 1.807) is 30.2 Å². The molecule has 2 N–H and O–H groups in total. The lowest BCUT2D eigenvalue weighted by Gasteiger charge is -2.37. The smallest absolute Gasteiger partial charge is 0.254 e. The third-order valence-electron chi connectivity index (χ3n) is 4.19. The first-order valence-corrected chi connectivity index (χ1v) is 7.12. The van der Waals surface area contributed by atoms with Crippen LogP contribution in [0.5, 0.6) is 5.75 Å². The standard InChI is InChI=1S/C15H19N3O3/c1-21-13-7-10(6-11(16)8-13)15(20)17-4-5-18-12(9-17)2-3-14(18)19/h6-8,12H,2-5,9,16H2,1H3. The lowest BCUT2D eigenvalue weighted by molar-refractivity contribution is -0.130. The monoisotopic (exact) mass is 289 g/mol. The molecule has 6 heteroatoms. The van der Waals surface area contributed by atoms with Crippen molar-refractivity contribution < 1.29 is 14.3 Å². The maximum absolute atomic E-state index is 12.6. The van der Waals surface area contributed by atoms with E-state index in [0.29, 0.717) is 43.1 Å². The van der Waals surface area contributed by atoms with Crippen LogP contribution in [0.1, 0.15) is 23.2 Å². The molecule has 1 aromatic rings. The first kappa shape index (κ1) is 13.7. The summed E-state index contributed by atoms with van der Waals surface area (Å²) in [5.41, 5.74) is 6.84. The minimum Gasteiger partial charge on any atom is -0.497 e. The van der Waals surface area contributed by atoms with Crippen molar-refractivity contribution in [3.8, 4) is 5.75 Å². The zero-order valence-corrected chi connectivity index (χ0v) is 12.0. The fraction of sp³-hybridized carbons (Fsp3) is 0.467. The van der Waals surface area contributed by atoms with Gasteiger partial charge >= 0.3 is 0 Å². The highest BCUT2D eigenvalue weighted by atomic mass is 16.5. The number of nitrogens with zero attached hydrogens (tertiary/aromatic N) is 2. The van der Waals surface area contributed by atoms with Crippen LogP contribution in [0.15, 0.2) is 18.2 Å². The van der Waals surface area contributed by atoms with Gasteiger partial charge in [-0.1, -0.05) is 0 Å². The van der Waals surface area contributed by atoms with Gasteiger partial charge in [0.1, 0.15) is 5.75 Å². The molecule has 6 nitrogen and oxygen atoms in total. The zero-order valence-electron chi connectivity index (χ0n) is 12.0. The molecule has 3 rings (SSSR count). The van der Waals surface area contributed by atoms with Gasteiger partial charge < -0.3 is 20.3 Å². The van der Waals surface area contributed by atoms with Crippen LogP contribution in [0.2, 0.25) is 0 Å². The Morgan fingerprint density at radius 2 is 2.14 bits per heavy atom. The Kier molecular flexibility index (Phi) is 3.45. The molecule has 0 bridgehead atoms. The summed E-state index contributed by atoms with van der Waals surface area (Å²) in [5.74, 6) is 0.727. The molecule has 0 aliphatic carbocycles. The Balaban J connectivity index is 1.77. The molecule has 1 aromatic carbocycles. The van der Waals surface area contributed by atoms with E-state index < -0.39 is 0 Å². The Labute approximate surface area is 123 Å². The summed E-state index contributed by atoms with van der Waals surface area (Å²) in [6.07, 6.45) is 1.43. The zero-order chi connectivity index (χ0) is 15.0. The van der Waals surface area contributed by atoms with Gasteiger partial charge in [-0.3, -0.25) is 9.59 Å². The fourth-order valence-electron chi connectivity index (χ4n) is 3.09. The van der Waals surface area contributed by atoms with Crippen LogP contribution in [0.4, 0.5) is 5.69 Å². The molecule has 2 heterocycles. The Hall–Kier alpha value is -2.24. The summed E-state index contributed by atoms with van der Waals surface area (Å²) in [7, 11) is 1.55. The van der Waals surface area contributed by atoms with Gasteiger partial charge in [0.15, 0.2) is 0 Å². The summed E-state index contributed by atoms with van der Waals surface area (Å²) in [6.45, 7) is 1.79. The summed E-state index contributed by atoms with van der Waals surface area (Å²) >= 11 is 0. The molecule has 2 amide bonds. The van der Waals surface area contributed by atoms with E-state index in [1.807, 2.05) is 4.90 Å². The predicted octanol–water partition coefficient (Wildman–Crippen LogP) is 0.724. The molecule has 1 unspecified atom stereocenters. The minimum atomic E-state index is -0.0559. The number of benzene rings is 1. The van der Waals surface area contributed by atoms with E-state index in [0.717, 1.165) is 6.42 Å². The largest absolute Gasteiger partial charge is 0.497 e. The molecular formula is C15H19N3O3. The van der Waals surface area contributed by atoms with Crippen LogP contribution in [0.25, 0.3) is 0 Å². The average molecular weight is 289 g/mol. The predicted molar refractivity (Wildman–Crippen MR) is 78.0 cm³/mol. The number of carbonyl (C=O) groups excluding carboxylic acids is 2. The van der Waals surface area contributed by atoms with Crippen molar-refractivity contribution in [3.05, 3.63) is 23.8 Å². The van der Waals surface area contributed by atoms with E-state index in [9.17, 15) is 9.59 Å². The van der Waals surface area contributed by atoms with Crippen molar-refractivity contribution in [2.24, 2.45) is 0 Å². The van der Waals surface area contributed by atoms with Gasteiger partial charge in [-0.25, -0.2) is 0 Å². The third-order valence-corrected chi connectivity index (χ3v) is 4.19. The van der Waals surface area contributed by atoms with Crippen LogP contribution in [0, 0.1) is 0 Å². The van der Waals surface area contributed by atoms with Gasteiger partial charge in [0, 0.05) is 49.4 Å². The molecule has 2 saturated heterocycles. The third kappa shape index (κ3) is 2.53. The molecular weight excluding hydrogens is 270 g/mol. The molecule has 0 saturated carbocycles. The Morgan fingerprint density at radius 1 is 1.33 bits per heavy atom. The number of piperazine rings is 1. The summed E-state index contributed by atoms with van der Waals surface area (Å²) < 4.78 is 5.15. The number of hydrogen-bond donors (Lipinski definition) is 1. The summed E-state index contributed by atoms with van der Waals surface area (Å²) in [5, 5.41) is 0. The molecule has 2 fully saturated rings. The second-order valence-electron chi connectivity index (χ2n) is 5.53.